The van der Waals surface area contributed by atoms with Crippen LogP contribution in [-0.4, -0.2) is 13.1 Å². The Morgan fingerprint density at radius 2 is 2.07 bits per heavy atom. The fourth-order valence-electron chi connectivity index (χ4n) is 1.31. The van der Waals surface area contributed by atoms with E-state index in [-0.39, 0.29) is 12.0 Å². The first-order chi connectivity index (χ1) is 6.54. The molecule has 76 valence electrons. The highest BCUT2D eigenvalue weighted by Gasteiger charge is 2.08. The van der Waals surface area contributed by atoms with E-state index in [0.29, 0.717) is 5.56 Å². The molecule has 0 amide bonds. The summed E-state index contributed by atoms with van der Waals surface area (Å²) in [5.74, 6) is -0.324. The lowest BCUT2D eigenvalue weighted by Crippen LogP contribution is -2.08. The van der Waals surface area contributed by atoms with Crippen molar-refractivity contribution in [3.8, 4) is 0 Å². The first-order valence-corrected chi connectivity index (χ1v) is 4.50. The standard InChI is InChI=1S/C11H15NO2/c1-7-4-9(8(2)12)6-10(5-7)11(13)14-3/h4-6,8H,12H2,1-3H3. The summed E-state index contributed by atoms with van der Waals surface area (Å²) in [6, 6.07) is 5.46. The van der Waals surface area contributed by atoms with E-state index in [1.807, 2.05) is 19.9 Å². The highest BCUT2D eigenvalue weighted by molar-refractivity contribution is 5.89. The van der Waals surface area contributed by atoms with Crippen LogP contribution in [0.15, 0.2) is 18.2 Å². The van der Waals surface area contributed by atoms with Crippen LogP contribution in [0.4, 0.5) is 0 Å². The smallest absolute Gasteiger partial charge is 0.337 e. The zero-order valence-corrected chi connectivity index (χ0v) is 8.70. The van der Waals surface area contributed by atoms with Crippen molar-refractivity contribution in [3.05, 3.63) is 34.9 Å². The summed E-state index contributed by atoms with van der Waals surface area (Å²) >= 11 is 0. The topological polar surface area (TPSA) is 52.3 Å². The second-order valence-electron chi connectivity index (χ2n) is 3.41. The van der Waals surface area contributed by atoms with Gasteiger partial charge in [-0.15, -0.1) is 0 Å². The summed E-state index contributed by atoms with van der Waals surface area (Å²) in [5, 5.41) is 0. The molecule has 3 heteroatoms. The molecule has 0 aliphatic rings. The highest BCUT2D eigenvalue weighted by atomic mass is 16.5. The van der Waals surface area contributed by atoms with Crippen molar-refractivity contribution < 1.29 is 9.53 Å². The molecule has 1 atom stereocenters. The Bertz CT molecular complexity index is 345. The van der Waals surface area contributed by atoms with Gasteiger partial charge in [0.1, 0.15) is 0 Å². The molecule has 1 rings (SSSR count). The number of hydrogen-bond donors (Lipinski definition) is 1. The Balaban J connectivity index is 3.13. The van der Waals surface area contributed by atoms with E-state index < -0.39 is 0 Å². The van der Waals surface area contributed by atoms with Gasteiger partial charge in [0.25, 0.3) is 0 Å². The van der Waals surface area contributed by atoms with Gasteiger partial charge in [0.05, 0.1) is 12.7 Å². The first kappa shape index (κ1) is 10.7. The van der Waals surface area contributed by atoms with Gasteiger partial charge < -0.3 is 10.5 Å². The van der Waals surface area contributed by atoms with Crippen molar-refractivity contribution in [2.45, 2.75) is 19.9 Å². The molecule has 0 bridgehead atoms. The van der Waals surface area contributed by atoms with Gasteiger partial charge in [-0.05, 0) is 37.1 Å². The third-order valence-electron chi connectivity index (χ3n) is 2.05. The maximum Gasteiger partial charge on any atom is 0.337 e. The number of rotatable bonds is 2. The molecule has 3 nitrogen and oxygen atoms in total. The molecule has 0 heterocycles. The molecule has 1 aromatic carbocycles. The summed E-state index contributed by atoms with van der Waals surface area (Å²) in [4.78, 5) is 11.3. The SMILES string of the molecule is COC(=O)c1cc(C)cc(C(C)N)c1. The third kappa shape index (κ3) is 2.33. The normalized spacial score (nSPS) is 12.3. The zero-order chi connectivity index (χ0) is 10.7. The number of aryl methyl sites for hydroxylation is 1. The van der Waals surface area contributed by atoms with Crippen molar-refractivity contribution in [1.82, 2.24) is 0 Å². The van der Waals surface area contributed by atoms with E-state index in [1.54, 1.807) is 12.1 Å². The van der Waals surface area contributed by atoms with Crippen LogP contribution >= 0.6 is 0 Å². The second kappa shape index (κ2) is 4.24. The highest BCUT2D eigenvalue weighted by Crippen LogP contribution is 2.15. The molecule has 0 aromatic heterocycles. The van der Waals surface area contributed by atoms with E-state index in [9.17, 15) is 4.79 Å². The second-order valence-corrected chi connectivity index (χ2v) is 3.41. The largest absolute Gasteiger partial charge is 0.465 e. The molecule has 0 saturated carbocycles. The summed E-state index contributed by atoms with van der Waals surface area (Å²) in [7, 11) is 1.37. The minimum Gasteiger partial charge on any atom is -0.465 e. The molecule has 2 N–H and O–H groups in total. The van der Waals surface area contributed by atoms with Gasteiger partial charge in [-0.25, -0.2) is 4.79 Å². The number of methoxy groups -OCH3 is 1. The average Bonchev–Trinajstić information content (AvgIpc) is 2.15. The van der Waals surface area contributed by atoms with E-state index in [2.05, 4.69) is 4.74 Å². The molecule has 1 unspecified atom stereocenters. The minimum absolute atomic E-state index is 0.0710. The zero-order valence-electron chi connectivity index (χ0n) is 8.70. The van der Waals surface area contributed by atoms with Gasteiger partial charge >= 0.3 is 5.97 Å². The van der Waals surface area contributed by atoms with Crippen LogP contribution in [0, 0.1) is 6.92 Å². The Morgan fingerprint density at radius 1 is 1.43 bits per heavy atom. The predicted octanol–water partition coefficient (Wildman–Crippen LogP) is 1.80. The summed E-state index contributed by atoms with van der Waals surface area (Å²) in [6.45, 7) is 3.81. The van der Waals surface area contributed by atoms with Crippen LogP contribution in [0.5, 0.6) is 0 Å². The lowest BCUT2D eigenvalue weighted by Gasteiger charge is -2.08. The maximum atomic E-state index is 11.3. The van der Waals surface area contributed by atoms with Gasteiger partial charge in [-0.2, -0.15) is 0 Å². The lowest BCUT2D eigenvalue weighted by molar-refractivity contribution is 0.0600. The van der Waals surface area contributed by atoms with E-state index >= 15 is 0 Å². The first-order valence-electron chi connectivity index (χ1n) is 4.50. The summed E-state index contributed by atoms with van der Waals surface area (Å²) in [5.41, 5.74) is 8.26. The molecule has 0 aliphatic heterocycles. The molecule has 0 saturated heterocycles. The summed E-state index contributed by atoms with van der Waals surface area (Å²) < 4.78 is 4.65. The number of hydrogen-bond acceptors (Lipinski definition) is 3. The number of carbonyl (C=O) groups excluding carboxylic acids is 1. The van der Waals surface area contributed by atoms with Crippen LogP contribution in [0.2, 0.25) is 0 Å². The number of nitrogens with two attached hydrogens (primary N) is 1. The number of carbonyl (C=O) groups is 1. The van der Waals surface area contributed by atoms with Crippen molar-refractivity contribution in [2.24, 2.45) is 5.73 Å². The van der Waals surface area contributed by atoms with Crippen LogP contribution in [-0.2, 0) is 4.74 Å². The molecule has 0 fully saturated rings. The Hall–Kier alpha value is -1.35. The molecule has 14 heavy (non-hydrogen) atoms. The van der Waals surface area contributed by atoms with Gasteiger partial charge in [0, 0.05) is 6.04 Å². The Kier molecular flexibility index (Phi) is 3.25. The van der Waals surface area contributed by atoms with E-state index in [4.69, 9.17) is 5.73 Å². The van der Waals surface area contributed by atoms with Gasteiger partial charge in [0.2, 0.25) is 0 Å². The van der Waals surface area contributed by atoms with E-state index in [0.717, 1.165) is 11.1 Å². The van der Waals surface area contributed by atoms with Gasteiger partial charge in [-0.3, -0.25) is 0 Å². The van der Waals surface area contributed by atoms with Crippen molar-refractivity contribution in [3.63, 3.8) is 0 Å². The molecule has 0 spiro atoms. The Morgan fingerprint density at radius 3 is 2.57 bits per heavy atom. The van der Waals surface area contributed by atoms with Crippen LogP contribution in [0.25, 0.3) is 0 Å². The van der Waals surface area contributed by atoms with Gasteiger partial charge in [-0.1, -0.05) is 6.07 Å². The van der Waals surface area contributed by atoms with E-state index in [1.165, 1.54) is 7.11 Å². The fourth-order valence-corrected chi connectivity index (χ4v) is 1.31. The molecular weight excluding hydrogens is 178 g/mol. The molecule has 0 radical (unpaired) electrons. The molecule has 0 aliphatic carbocycles. The lowest BCUT2D eigenvalue weighted by atomic mass is 10.0. The molecular formula is C11H15NO2. The van der Waals surface area contributed by atoms with Crippen LogP contribution in [0.1, 0.15) is 34.5 Å². The maximum absolute atomic E-state index is 11.3. The van der Waals surface area contributed by atoms with Crippen molar-refractivity contribution in [2.75, 3.05) is 7.11 Å². The third-order valence-corrected chi connectivity index (χ3v) is 2.05. The van der Waals surface area contributed by atoms with Crippen molar-refractivity contribution >= 4 is 5.97 Å². The fraction of sp³-hybridized carbons (Fsp3) is 0.364. The average molecular weight is 193 g/mol. The summed E-state index contributed by atoms with van der Waals surface area (Å²) in [6.07, 6.45) is 0. The predicted molar refractivity (Wildman–Crippen MR) is 55.1 cm³/mol. The van der Waals surface area contributed by atoms with Gasteiger partial charge in [0.15, 0.2) is 0 Å². The monoisotopic (exact) mass is 193 g/mol. The van der Waals surface area contributed by atoms with Crippen LogP contribution < -0.4 is 5.73 Å². The number of benzene rings is 1. The molecule has 1 aromatic rings. The number of ether oxygens (including phenoxy) is 1. The number of esters is 1. The van der Waals surface area contributed by atoms with Crippen LogP contribution in [0.3, 0.4) is 0 Å². The quantitative estimate of drug-likeness (QED) is 0.729. The minimum atomic E-state index is -0.324. The Labute approximate surface area is 83.9 Å². The van der Waals surface area contributed by atoms with Crippen molar-refractivity contribution in [1.29, 1.82) is 0 Å².